The minimum absolute atomic E-state index is 0.0246. The summed E-state index contributed by atoms with van der Waals surface area (Å²) >= 11 is 5.97. The molecule has 0 aliphatic rings. The number of nitro groups is 1. The van der Waals surface area contributed by atoms with Crippen molar-refractivity contribution in [1.29, 1.82) is 0 Å². The van der Waals surface area contributed by atoms with Crippen molar-refractivity contribution in [2.75, 3.05) is 5.32 Å². The van der Waals surface area contributed by atoms with Gasteiger partial charge in [0.2, 0.25) is 0 Å². The lowest BCUT2D eigenvalue weighted by molar-refractivity contribution is -0.384. The van der Waals surface area contributed by atoms with E-state index in [1.165, 1.54) is 12.1 Å². The van der Waals surface area contributed by atoms with E-state index in [1.807, 2.05) is 0 Å². The Hall–Kier alpha value is -3.45. The highest BCUT2D eigenvalue weighted by Gasteiger charge is 2.16. The van der Waals surface area contributed by atoms with E-state index in [-0.39, 0.29) is 16.3 Å². The van der Waals surface area contributed by atoms with Crippen LogP contribution in [0.4, 0.5) is 11.4 Å². The number of non-ortho nitro benzene ring substituents is 1. The number of pyridine rings is 1. The Bertz CT molecular complexity index is 946. The number of halogens is 1. The standard InChI is InChI=1S/C18H12ClN3O4/c19-17-8-5-13(22(24)25)10-16(17)18(23)21-12-3-6-14(7-4-12)26-15-2-1-9-20-11-15/h1-11H,(H,21,23). The van der Waals surface area contributed by atoms with Gasteiger partial charge >= 0.3 is 0 Å². The van der Waals surface area contributed by atoms with E-state index in [2.05, 4.69) is 10.3 Å². The summed E-state index contributed by atoms with van der Waals surface area (Å²) in [7, 11) is 0. The van der Waals surface area contributed by atoms with Crippen molar-refractivity contribution in [3.05, 3.63) is 87.7 Å². The average molecular weight is 370 g/mol. The van der Waals surface area contributed by atoms with E-state index >= 15 is 0 Å². The van der Waals surface area contributed by atoms with Gasteiger partial charge in [-0.25, -0.2) is 0 Å². The maximum atomic E-state index is 12.3. The van der Waals surface area contributed by atoms with Crippen LogP contribution in [0, 0.1) is 10.1 Å². The van der Waals surface area contributed by atoms with E-state index in [1.54, 1.807) is 48.8 Å². The summed E-state index contributed by atoms with van der Waals surface area (Å²) in [6.45, 7) is 0. The van der Waals surface area contributed by atoms with Crippen molar-refractivity contribution in [1.82, 2.24) is 4.98 Å². The molecule has 0 saturated carbocycles. The number of aromatic nitrogens is 1. The molecule has 7 nitrogen and oxygen atoms in total. The molecule has 3 aromatic rings. The SMILES string of the molecule is O=C(Nc1ccc(Oc2cccnc2)cc1)c1cc([N+](=O)[O-])ccc1Cl. The fourth-order valence-electron chi connectivity index (χ4n) is 2.15. The molecule has 0 unspecified atom stereocenters. The molecule has 0 spiro atoms. The molecule has 26 heavy (non-hydrogen) atoms. The molecule has 0 radical (unpaired) electrons. The maximum Gasteiger partial charge on any atom is 0.270 e. The molecule has 0 aliphatic carbocycles. The average Bonchev–Trinajstić information content (AvgIpc) is 2.64. The molecule has 0 fully saturated rings. The van der Waals surface area contributed by atoms with Crippen LogP contribution in [0.15, 0.2) is 67.0 Å². The monoisotopic (exact) mass is 369 g/mol. The van der Waals surface area contributed by atoms with Crippen LogP contribution >= 0.6 is 11.6 Å². The normalized spacial score (nSPS) is 10.2. The molecule has 0 bridgehead atoms. The molecule has 2 aromatic carbocycles. The highest BCUT2D eigenvalue weighted by molar-refractivity contribution is 6.34. The number of nitrogens with one attached hydrogen (secondary N) is 1. The van der Waals surface area contributed by atoms with Gasteiger partial charge in [0.1, 0.15) is 11.5 Å². The van der Waals surface area contributed by atoms with Gasteiger partial charge in [0, 0.05) is 24.0 Å². The number of nitrogens with zero attached hydrogens (tertiary/aromatic N) is 2. The molecule has 1 heterocycles. The van der Waals surface area contributed by atoms with Crippen molar-refractivity contribution in [3.63, 3.8) is 0 Å². The summed E-state index contributed by atoms with van der Waals surface area (Å²) in [6, 6.07) is 13.9. The summed E-state index contributed by atoms with van der Waals surface area (Å²) in [5.74, 6) is 0.622. The Kier molecular flexibility index (Phi) is 5.09. The van der Waals surface area contributed by atoms with Gasteiger partial charge in [0.15, 0.2) is 0 Å². The van der Waals surface area contributed by atoms with Gasteiger partial charge in [-0.3, -0.25) is 19.9 Å². The Balaban J connectivity index is 1.72. The van der Waals surface area contributed by atoms with E-state index < -0.39 is 10.8 Å². The predicted molar refractivity (Wildman–Crippen MR) is 96.8 cm³/mol. The number of anilines is 1. The molecule has 3 rings (SSSR count). The van der Waals surface area contributed by atoms with Gasteiger partial charge in [-0.1, -0.05) is 11.6 Å². The van der Waals surface area contributed by atoms with Crippen molar-refractivity contribution in [3.8, 4) is 11.5 Å². The zero-order valence-corrected chi connectivity index (χ0v) is 14.0. The third-order valence-electron chi connectivity index (χ3n) is 3.39. The minimum Gasteiger partial charge on any atom is -0.456 e. The van der Waals surface area contributed by atoms with Crippen LogP contribution in [0.1, 0.15) is 10.4 Å². The molecule has 130 valence electrons. The molecule has 0 aliphatic heterocycles. The Morgan fingerprint density at radius 3 is 2.54 bits per heavy atom. The van der Waals surface area contributed by atoms with Crippen LogP contribution in [0.2, 0.25) is 5.02 Å². The Labute approximate surface area is 153 Å². The molecule has 1 amide bonds. The first-order chi connectivity index (χ1) is 12.5. The zero-order chi connectivity index (χ0) is 18.5. The molecule has 0 saturated heterocycles. The number of rotatable bonds is 5. The second kappa shape index (κ2) is 7.62. The minimum atomic E-state index is -0.586. The topological polar surface area (TPSA) is 94.4 Å². The Morgan fingerprint density at radius 2 is 1.88 bits per heavy atom. The van der Waals surface area contributed by atoms with E-state index in [0.29, 0.717) is 17.2 Å². The molecule has 8 heteroatoms. The van der Waals surface area contributed by atoms with E-state index in [4.69, 9.17) is 16.3 Å². The predicted octanol–water partition coefficient (Wildman–Crippen LogP) is 4.69. The van der Waals surface area contributed by atoms with Crippen LogP contribution < -0.4 is 10.1 Å². The number of carbonyl (C=O) groups excluding carboxylic acids is 1. The second-order valence-corrected chi connectivity index (χ2v) is 5.60. The quantitative estimate of drug-likeness (QED) is 0.520. The van der Waals surface area contributed by atoms with E-state index in [9.17, 15) is 14.9 Å². The molecular formula is C18H12ClN3O4. The van der Waals surface area contributed by atoms with Crippen LogP contribution in [0.5, 0.6) is 11.5 Å². The van der Waals surface area contributed by atoms with Gasteiger partial charge in [0.25, 0.3) is 11.6 Å². The van der Waals surface area contributed by atoms with Crippen molar-refractivity contribution in [2.45, 2.75) is 0 Å². The van der Waals surface area contributed by atoms with Gasteiger partial charge in [-0.15, -0.1) is 0 Å². The number of nitro benzene ring substituents is 1. The smallest absolute Gasteiger partial charge is 0.270 e. The fraction of sp³-hybridized carbons (Fsp3) is 0. The van der Waals surface area contributed by atoms with Gasteiger partial charge in [-0.05, 0) is 42.5 Å². The number of hydrogen-bond donors (Lipinski definition) is 1. The van der Waals surface area contributed by atoms with Crippen LogP contribution in [-0.2, 0) is 0 Å². The number of benzene rings is 2. The van der Waals surface area contributed by atoms with E-state index in [0.717, 1.165) is 6.07 Å². The maximum absolute atomic E-state index is 12.3. The lowest BCUT2D eigenvalue weighted by Gasteiger charge is -2.09. The van der Waals surface area contributed by atoms with Crippen molar-refractivity contribution < 1.29 is 14.5 Å². The lowest BCUT2D eigenvalue weighted by atomic mass is 10.2. The molecule has 1 N–H and O–H groups in total. The summed E-state index contributed by atoms with van der Waals surface area (Å²) in [6.07, 6.45) is 3.23. The fourth-order valence-corrected chi connectivity index (χ4v) is 2.35. The first-order valence-electron chi connectivity index (χ1n) is 7.46. The number of amides is 1. The van der Waals surface area contributed by atoms with Gasteiger partial charge in [0.05, 0.1) is 21.7 Å². The first-order valence-corrected chi connectivity index (χ1v) is 7.84. The first kappa shape index (κ1) is 17.4. The number of ether oxygens (including phenoxy) is 1. The summed E-state index contributed by atoms with van der Waals surface area (Å²) in [5, 5.41) is 13.6. The van der Waals surface area contributed by atoms with Crippen molar-refractivity contribution in [2.24, 2.45) is 0 Å². The van der Waals surface area contributed by atoms with Crippen LogP contribution in [0.3, 0.4) is 0 Å². The second-order valence-electron chi connectivity index (χ2n) is 5.19. The Morgan fingerprint density at radius 1 is 1.12 bits per heavy atom. The zero-order valence-electron chi connectivity index (χ0n) is 13.3. The summed E-state index contributed by atoms with van der Waals surface area (Å²) in [4.78, 5) is 26.5. The third kappa shape index (κ3) is 4.14. The highest BCUT2D eigenvalue weighted by Crippen LogP contribution is 2.25. The van der Waals surface area contributed by atoms with Crippen LogP contribution in [0.25, 0.3) is 0 Å². The van der Waals surface area contributed by atoms with Crippen molar-refractivity contribution >= 4 is 28.9 Å². The lowest BCUT2D eigenvalue weighted by Crippen LogP contribution is -2.12. The van der Waals surface area contributed by atoms with Gasteiger partial charge < -0.3 is 10.1 Å². The van der Waals surface area contributed by atoms with Gasteiger partial charge in [-0.2, -0.15) is 0 Å². The molecular weight excluding hydrogens is 358 g/mol. The largest absolute Gasteiger partial charge is 0.456 e. The van der Waals surface area contributed by atoms with Crippen LogP contribution in [-0.4, -0.2) is 15.8 Å². The third-order valence-corrected chi connectivity index (χ3v) is 3.72. The molecule has 1 aromatic heterocycles. The summed E-state index contributed by atoms with van der Waals surface area (Å²) < 4.78 is 5.61. The number of carbonyl (C=O) groups is 1. The highest BCUT2D eigenvalue weighted by atomic mass is 35.5. The molecule has 0 atom stereocenters. The number of hydrogen-bond acceptors (Lipinski definition) is 5. The summed E-state index contributed by atoms with van der Waals surface area (Å²) in [5.41, 5.74) is 0.312.